The molecule has 0 aliphatic heterocycles. The van der Waals surface area contributed by atoms with E-state index in [2.05, 4.69) is 73.0 Å². The predicted octanol–water partition coefficient (Wildman–Crippen LogP) is 4.66. The Hall–Kier alpha value is -2.99. The lowest BCUT2D eigenvalue weighted by atomic mass is 10.0. The number of amides is 1. The van der Waals surface area contributed by atoms with Crippen molar-refractivity contribution in [1.29, 1.82) is 0 Å². The van der Waals surface area contributed by atoms with E-state index >= 15 is 0 Å². The van der Waals surface area contributed by atoms with Crippen molar-refractivity contribution < 1.29 is 9.21 Å². The first-order valence-corrected chi connectivity index (χ1v) is 10.7. The number of benzene rings is 1. The average molecular weight is 421 g/mol. The van der Waals surface area contributed by atoms with Crippen LogP contribution in [0.25, 0.3) is 0 Å². The van der Waals surface area contributed by atoms with Gasteiger partial charge in [-0.1, -0.05) is 37.6 Å². The molecule has 3 rings (SSSR count). The molecule has 2 heterocycles. The molecule has 3 aromatic rings. The van der Waals surface area contributed by atoms with Crippen molar-refractivity contribution in [2.24, 2.45) is 5.92 Å². The molecule has 1 amide bonds. The summed E-state index contributed by atoms with van der Waals surface area (Å²) in [5.74, 6) is 0.778. The van der Waals surface area contributed by atoms with Crippen molar-refractivity contribution >= 4 is 5.91 Å². The number of aromatic nitrogens is 2. The summed E-state index contributed by atoms with van der Waals surface area (Å²) in [7, 11) is 0. The highest BCUT2D eigenvalue weighted by Crippen LogP contribution is 2.20. The number of aryl methyl sites for hydroxylation is 2. The molecule has 0 saturated heterocycles. The Morgan fingerprint density at radius 1 is 1.10 bits per heavy atom. The number of pyridine rings is 1. The van der Waals surface area contributed by atoms with Gasteiger partial charge in [0, 0.05) is 31.5 Å². The summed E-state index contributed by atoms with van der Waals surface area (Å²) in [6.45, 7) is 12.7. The fourth-order valence-corrected chi connectivity index (χ4v) is 3.39. The molecule has 0 spiro atoms. The molecule has 31 heavy (non-hydrogen) atoms. The summed E-state index contributed by atoms with van der Waals surface area (Å²) in [6, 6.07) is 10.6. The van der Waals surface area contributed by atoms with E-state index in [1.165, 1.54) is 23.0 Å². The Morgan fingerprint density at radius 3 is 2.55 bits per heavy atom. The molecule has 1 atom stereocenters. The van der Waals surface area contributed by atoms with Crippen LogP contribution < -0.4 is 5.32 Å². The van der Waals surface area contributed by atoms with Gasteiger partial charge in [0.15, 0.2) is 5.69 Å². The van der Waals surface area contributed by atoms with Gasteiger partial charge in [-0.25, -0.2) is 4.98 Å². The van der Waals surface area contributed by atoms with Gasteiger partial charge in [-0.05, 0) is 55.5 Å². The van der Waals surface area contributed by atoms with Crippen LogP contribution in [-0.2, 0) is 19.6 Å². The molecule has 1 N–H and O–H groups in total. The number of hydrogen-bond acceptors (Lipinski definition) is 5. The molecule has 0 fully saturated rings. The fourth-order valence-electron chi connectivity index (χ4n) is 3.39. The molecule has 0 saturated carbocycles. The Kier molecular flexibility index (Phi) is 7.58. The van der Waals surface area contributed by atoms with E-state index in [0.717, 1.165) is 12.1 Å². The minimum Gasteiger partial charge on any atom is -0.447 e. The van der Waals surface area contributed by atoms with E-state index in [-0.39, 0.29) is 5.91 Å². The number of carbonyl (C=O) groups is 1. The standard InChI is InChI=1S/C25H32N4O2/c1-17(2)20(5)29(14-22-12-18(3)6-7-19(22)4)15-24-28-23(16-31-24)25(30)27-13-21-8-10-26-11-9-21/h6-12,16-17,20H,13-15H2,1-5H3,(H,27,30). The number of carbonyl (C=O) groups excluding carboxylic acids is 1. The lowest BCUT2D eigenvalue weighted by Crippen LogP contribution is -2.36. The van der Waals surface area contributed by atoms with Gasteiger partial charge in [-0.3, -0.25) is 14.7 Å². The first-order valence-electron chi connectivity index (χ1n) is 10.7. The van der Waals surface area contributed by atoms with Crippen LogP contribution in [0.2, 0.25) is 0 Å². The molecule has 6 heteroatoms. The molecule has 0 bridgehead atoms. The second kappa shape index (κ2) is 10.4. The third-order valence-electron chi connectivity index (χ3n) is 5.74. The Balaban J connectivity index is 1.69. The quantitative estimate of drug-likeness (QED) is 0.545. The number of oxazole rings is 1. The Morgan fingerprint density at radius 2 is 1.84 bits per heavy atom. The normalized spacial score (nSPS) is 12.4. The van der Waals surface area contributed by atoms with Crippen molar-refractivity contribution in [2.75, 3.05) is 0 Å². The summed E-state index contributed by atoms with van der Waals surface area (Å²) in [5, 5.41) is 2.87. The smallest absolute Gasteiger partial charge is 0.273 e. The zero-order valence-electron chi connectivity index (χ0n) is 19.1. The molecule has 0 radical (unpaired) electrons. The van der Waals surface area contributed by atoms with Gasteiger partial charge in [0.1, 0.15) is 6.26 Å². The zero-order chi connectivity index (χ0) is 22.4. The molecule has 0 aliphatic carbocycles. The monoisotopic (exact) mass is 420 g/mol. The number of rotatable bonds is 9. The molecular formula is C25H32N4O2. The van der Waals surface area contributed by atoms with Gasteiger partial charge in [-0.15, -0.1) is 0 Å². The van der Waals surface area contributed by atoms with Crippen molar-refractivity contribution in [1.82, 2.24) is 20.2 Å². The fraction of sp³-hybridized carbons (Fsp3) is 0.400. The van der Waals surface area contributed by atoms with E-state index in [1.807, 2.05) is 12.1 Å². The second-order valence-corrected chi connectivity index (χ2v) is 8.48. The van der Waals surface area contributed by atoms with Crippen molar-refractivity contribution in [3.05, 3.63) is 82.8 Å². The predicted molar refractivity (Wildman–Crippen MR) is 121 cm³/mol. The van der Waals surface area contributed by atoms with E-state index in [1.54, 1.807) is 12.4 Å². The molecule has 164 valence electrons. The molecule has 2 aromatic heterocycles. The summed E-state index contributed by atoms with van der Waals surface area (Å²) in [6.07, 6.45) is 4.85. The first-order chi connectivity index (χ1) is 14.8. The van der Waals surface area contributed by atoms with Crippen LogP contribution >= 0.6 is 0 Å². The van der Waals surface area contributed by atoms with Crippen molar-refractivity contribution in [3.63, 3.8) is 0 Å². The SMILES string of the molecule is Cc1ccc(C)c(CN(Cc2nc(C(=O)NCc3ccncc3)co2)C(C)C(C)C)c1. The summed E-state index contributed by atoms with van der Waals surface area (Å²) >= 11 is 0. The maximum Gasteiger partial charge on any atom is 0.273 e. The maximum absolute atomic E-state index is 12.5. The van der Waals surface area contributed by atoms with Crippen LogP contribution in [0.15, 0.2) is 53.4 Å². The van der Waals surface area contributed by atoms with Crippen LogP contribution in [0.4, 0.5) is 0 Å². The number of nitrogens with one attached hydrogen (secondary N) is 1. The highest BCUT2D eigenvalue weighted by molar-refractivity contribution is 5.91. The highest BCUT2D eigenvalue weighted by Gasteiger charge is 2.22. The van der Waals surface area contributed by atoms with Gasteiger partial charge < -0.3 is 9.73 Å². The molecule has 1 unspecified atom stereocenters. The minimum absolute atomic E-state index is 0.246. The number of nitrogens with zero attached hydrogens (tertiary/aromatic N) is 3. The maximum atomic E-state index is 12.5. The van der Waals surface area contributed by atoms with E-state index < -0.39 is 0 Å². The average Bonchev–Trinajstić information content (AvgIpc) is 3.23. The number of hydrogen-bond donors (Lipinski definition) is 1. The Bertz CT molecular complexity index is 998. The van der Waals surface area contributed by atoms with Gasteiger partial charge in [0.2, 0.25) is 5.89 Å². The lowest BCUT2D eigenvalue weighted by Gasteiger charge is -2.31. The highest BCUT2D eigenvalue weighted by atomic mass is 16.3. The minimum atomic E-state index is -0.246. The van der Waals surface area contributed by atoms with Crippen LogP contribution in [0.3, 0.4) is 0 Å². The topological polar surface area (TPSA) is 71.3 Å². The second-order valence-electron chi connectivity index (χ2n) is 8.48. The summed E-state index contributed by atoms with van der Waals surface area (Å²) in [4.78, 5) is 23.3. The van der Waals surface area contributed by atoms with Gasteiger partial charge in [-0.2, -0.15) is 0 Å². The van der Waals surface area contributed by atoms with Gasteiger partial charge in [0.05, 0.1) is 6.54 Å². The van der Waals surface area contributed by atoms with Gasteiger partial charge >= 0.3 is 0 Å². The van der Waals surface area contributed by atoms with Crippen molar-refractivity contribution in [2.45, 2.75) is 60.3 Å². The third kappa shape index (κ3) is 6.25. The van der Waals surface area contributed by atoms with E-state index in [4.69, 9.17) is 4.42 Å². The summed E-state index contributed by atoms with van der Waals surface area (Å²) in [5.41, 5.74) is 5.11. The Labute approximate surface area is 184 Å². The van der Waals surface area contributed by atoms with Crippen LogP contribution in [0.1, 0.15) is 59.4 Å². The van der Waals surface area contributed by atoms with Crippen LogP contribution in [0, 0.1) is 19.8 Å². The largest absolute Gasteiger partial charge is 0.447 e. The van der Waals surface area contributed by atoms with Crippen LogP contribution in [-0.4, -0.2) is 26.8 Å². The molecular weight excluding hydrogens is 388 g/mol. The summed E-state index contributed by atoms with van der Waals surface area (Å²) < 4.78 is 5.67. The zero-order valence-corrected chi connectivity index (χ0v) is 19.1. The van der Waals surface area contributed by atoms with Crippen molar-refractivity contribution in [3.8, 4) is 0 Å². The van der Waals surface area contributed by atoms with E-state index in [0.29, 0.717) is 36.6 Å². The van der Waals surface area contributed by atoms with Gasteiger partial charge in [0.25, 0.3) is 5.91 Å². The first kappa shape index (κ1) is 22.7. The third-order valence-corrected chi connectivity index (χ3v) is 5.74. The molecule has 6 nitrogen and oxygen atoms in total. The molecule has 1 aromatic carbocycles. The lowest BCUT2D eigenvalue weighted by molar-refractivity contribution is 0.0945. The van der Waals surface area contributed by atoms with E-state index in [9.17, 15) is 4.79 Å². The van der Waals surface area contributed by atoms with Crippen LogP contribution in [0.5, 0.6) is 0 Å². The molecule has 0 aliphatic rings.